The average Bonchev–Trinajstić information content (AvgIpc) is 2.75. The van der Waals surface area contributed by atoms with Crippen LogP contribution in [0.25, 0.3) is 0 Å². The fraction of sp³-hybridized carbons (Fsp3) is 0.231. The molecular formula is C13H13BrN2O3S. The number of thiophene rings is 1. The van der Waals surface area contributed by atoms with Crippen LogP contribution in [0.1, 0.15) is 9.75 Å². The van der Waals surface area contributed by atoms with Crippen LogP contribution in [0.3, 0.4) is 0 Å². The second-order valence-corrected chi connectivity index (χ2v) is 6.31. The number of halogens is 1. The van der Waals surface area contributed by atoms with Gasteiger partial charge in [0.05, 0.1) is 17.7 Å². The number of nitro groups is 1. The Hall–Kier alpha value is -1.60. The summed E-state index contributed by atoms with van der Waals surface area (Å²) in [5, 5.41) is 14.0. The number of hydrogen-bond acceptors (Lipinski definition) is 5. The second-order valence-electron chi connectivity index (χ2n) is 4.11. The van der Waals surface area contributed by atoms with Crippen molar-refractivity contribution < 1.29 is 9.66 Å². The Morgan fingerprint density at radius 3 is 2.75 bits per heavy atom. The summed E-state index contributed by atoms with van der Waals surface area (Å²) in [5.74, 6) is 0.586. The Morgan fingerprint density at radius 2 is 2.20 bits per heavy atom. The van der Waals surface area contributed by atoms with Gasteiger partial charge in [-0.25, -0.2) is 0 Å². The molecule has 0 radical (unpaired) electrons. The van der Waals surface area contributed by atoms with Crippen LogP contribution < -0.4 is 10.1 Å². The van der Waals surface area contributed by atoms with Crippen molar-refractivity contribution in [2.24, 2.45) is 0 Å². The summed E-state index contributed by atoms with van der Waals surface area (Å²) < 4.78 is 6.28. The van der Waals surface area contributed by atoms with Crippen LogP contribution in [-0.4, -0.2) is 12.0 Å². The van der Waals surface area contributed by atoms with Gasteiger partial charge in [-0.3, -0.25) is 10.1 Å². The summed E-state index contributed by atoms with van der Waals surface area (Å²) in [7, 11) is 1.54. The zero-order valence-corrected chi connectivity index (χ0v) is 13.4. The van der Waals surface area contributed by atoms with Crippen molar-refractivity contribution in [2.45, 2.75) is 13.5 Å². The summed E-state index contributed by atoms with van der Waals surface area (Å²) in [5.41, 5.74) is 0.653. The third-order valence-electron chi connectivity index (χ3n) is 2.76. The van der Waals surface area contributed by atoms with Gasteiger partial charge in [0.15, 0.2) is 0 Å². The highest BCUT2D eigenvalue weighted by atomic mass is 79.9. The number of rotatable bonds is 5. The topological polar surface area (TPSA) is 64.4 Å². The molecular weight excluding hydrogens is 344 g/mol. The third-order valence-corrected chi connectivity index (χ3v) is 4.89. The number of hydrogen-bond donors (Lipinski definition) is 1. The predicted molar refractivity (Wildman–Crippen MR) is 83.7 cm³/mol. The standard InChI is InChI=1S/C13H13BrN2O3S/c1-8-11(14)6-10(20-8)7-15-12-5-9(16(17)18)3-4-13(12)19-2/h3-6,15H,7H2,1-2H3. The lowest BCUT2D eigenvalue weighted by Gasteiger charge is -2.10. The second kappa shape index (κ2) is 6.23. The number of nitrogens with one attached hydrogen (secondary N) is 1. The number of non-ortho nitro benzene ring substituents is 1. The van der Waals surface area contributed by atoms with Crippen LogP contribution in [-0.2, 0) is 6.54 Å². The van der Waals surface area contributed by atoms with E-state index in [1.165, 1.54) is 24.1 Å². The summed E-state index contributed by atoms with van der Waals surface area (Å²) in [4.78, 5) is 12.7. The SMILES string of the molecule is COc1ccc([N+](=O)[O-])cc1NCc1cc(Br)c(C)s1. The minimum atomic E-state index is -0.420. The maximum Gasteiger partial charge on any atom is 0.271 e. The fourth-order valence-electron chi connectivity index (χ4n) is 1.73. The maximum atomic E-state index is 10.8. The molecule has 0 aliphatic heterocycles. The molecule has 0 saturated carbocycles. The Bertz CT molecular complexity index is 623. The van der Waals surface area contributed by atoms with E-state index in [0.29, 0.717) is 18.0 Å². The number of nitro benzene ring substituents is 1. The monoisotopic (exact) mass is 356 g/mol. The average molecular weight is 357 g/mol. The van der Waals surface area contributed by atoms with Crippen LogP contribution in [0, 0.1) is 17.0 Å². The molecule has 20 heavy (non-hydrogen) atoms. The first-order valence-corrected chi connectivity index (χ1v) is 7.43. The lowest BCUT2D eigenvalue weighted by atomic mass is 10.2. The first kappa shape index (κ1) is 14.8. The van der Waals surface area contributed by atoms with Crippen molar-refractivity contribution in [3.05, 3.63) is 48.6 Å². The van der Waals surface area contributed by atoms with Gasteiger partial charge in [-0.05, 0) is 35.0 Å². The van der Waals surface area contributed by atoms with Crippen molar-refractivity contribution in [1.82, 2.24) is 0 Å². The maximum absolute atomic E-state index is 10.8. The normalized spacial score (nSPS) is 10.3. The third kappa shape index (κ3) is 3.29. The molecule has 0 aliphatic rings. The summed E-state index contributed by atoms with van der Waals surface area (Å²) >= 11 is 5.14. The van der Waals surface area contributed by atoms with E-state index in [-0.39, 0.29) is 5.69 Å². The van der Waals surface area contributed by atoms with Crippen molar-refractivity contribution >= 4 is 38.6 Å². The Labute approximate surface area is 128 Å². The summed E-state index contributed by atoms with van der Waals surface area (Å²) in [6.45, 7) is 2.63. The van der Waals surface area contributed by atoms with Gasteiger partial charge in [0, 0.05) is 32.9 Å². The van der Waals surface area contributed by atoms with E-state index >= 15 is 0 Å². The van der Waals surface area contributed by atoms with E-state index in [1.807, 2.05) is 13.0 Å². The van der Waals surface area contributed by atoms with E-state index in [2.05, 4.69) is 21.2 Å². The molecule has 5 nitrogen and oxygen atoms in total. The first-order valence-electron chi connectivity index (χ1n) is 5.82. The van der Waals surface area contributed by atoms with Gasteiger partial charge in [0.25, 0.3) is 5.69 Å². The Balaban J connectivity index is 2.18. The molecule has 1 heterocycles. The predicted octanol–water partition coefficient (Wildman–Crippen LogP) is 4.35. The Morgan fingerprint density at radius 1 is 1.45 bits per heavy atom. The molecule has 0 fully saturated rings. The molecule has 7 heteroatoms. The van der Waals surface area contributed by atoms with Crippen LogP contribution >= 0.6 is 27.3 Å². The molecule has 2 aromatic rings. The van der Waals surface area contributed by atoms with Gasteiger partial charge >= 0.3 is 0 Å². The number of ether oxygens (including phenoxy) is 1. The van der Waals surface area contributed by atoms with Crippen molar-refractivity contribution in [2.75, 3.05) is 12.4 Å². The molecule has 0 amide bonds. The highest BCUT2D eigenvalue weighted by Gasteiger charge is 2.11. The number of aryl methyl sites for hydroxylation is 1. The smallest absolute Gasteiger partial charge is 0.271 e. The highest BCUT2D eigenvalue weighted by Crippen LogP contribution is 2.31. The van der Waals surface area contributed by atoms with Gasteiger partial charge in [0.2, 0.25) is 0 Å². The van der Waals surface area contributed by atoms with Gasteiger partial charge in [0.1, 0.15) is 5.75 Å². The quantitative estimate of drug-likeness (QED) is 0.638. The van der Waals surface area contributed by atoms with E-state index < -0.39 is 4.92 Å². The van der Waals surface area contributed by atoms with Crippen molar-refractivity contribution in [1.29, 1.82) is 0 Å². The number of methoxy groups -OCH3 is 1. The van der Waals surface area contributed by atoms with Crippen molar-refractivity contribution in [3.8, 4) is 5.75 Å². The summed E-state index contributed by atoms with van der Waals surface area (Å²) in [6, 6.07) is 6.54. The molecule has 0 bridgehead atoms. The van der Waals surface area contributed by atoms with Gasteiger partial charge in [-0.15, -0.1) is 11.3 Å². The van der Waals surface area contributed by atoms with Gasteiger partial charge in [-0.1, -0.05) is 0 Å². The zero-order valence-electron chi connectivity index (χ0n) is 11.0. The van der Waals surface area contributed by atoms with Crippen LogP contribution in [0.15, 0.2) is 28.7 Å². The summed E-state index contributed by atoms with van der Waals surface area (Å²) in [6.07, 6.45) is 0. The van der Waals surface area contributed by atoms with Crippen LogP contribution in [0.5, 0.6) is 5.75 Å². The lowest BCUT2D eigenvalue weighted by Crippen LogP contribution is -2.01. The highest BCUT2D eigenvalue weighted by molar-refractivity contribution is 9.10. The first-order chi connectivity index (χ1) is 9.51. The number of nitrogens with zero attached hydrogens (tertiary/aromatic N) is 1. The molecule has 1 aromatic carbocycles. The molecule has 0 atom stereocenters. The van der Waals surface area contributed by atoms with E-state index in [0.717, 1.165) is 9.35 Å². The molecule has 1 N–H and O–H groups in total. The van der Waals surface area contributed by atoms with E-state index in [9.17, 15) is 10.1 Å². The van der Waals surface area contributed by atoms with E-state index in [1.54, 1.807) is 17.4 Å². The van der Waals surface area contributed by atoms with Crippen LogP contribution in [0.4, 0.5) is 11.4 Å². The molecule has 0 aliphatic carbocycles. The zero-order chi connectivity index (χ0) is 14.7. The molecule has 106 valence electrons. The number of anilines is 1. The minimum Gasteiger partial charge on any atom is -0.495 e. The molecule has 0 saturated heterocycles. The molecule has 1 aromatic heterocycles. The lowest BCUT2D eigenvalue weighted by molar-refractivity contribution is -0.384. The largest absolute Gasteiger partial charge is 0.495 e. The molecule has 0 spiro atoms. The Kier molecular flexibility index (Phi) is 4.61. The molecule has 2 rings (SSSR count). The van der Waals surface area contributed by atoms with Gasteiger partial charge in [-0.2, -0.15) is 0 Å². The fourth-order valence-corrected chi connectivity index (χ4v) is 3.28. The minimum absolute atomic E-state index is 0.0387. The van der Waals surface area contributed by atoms with E-state index in [4.69, 9.17) is 4.74 Å². The number of benzene rings is 1. The van der Waals surface area contributed by atoms with Gasteiger partial charge < -0.3 is 10.1 Å². The van der Waals surface area contributed by atoms with Crippen molar-refractivity contribution in [3.63, 3.8) is 0 Å². The molecule has 0 unspecified atom stereocenters. The van der Waals surface area contributed by atoms with Crippen LogP contribution in [0.2, 0.25) is 0 Å².